The standard InChI is InChI=1S/C10H19N3/c1-12-10(11)13-7-6-8-4-2-3-5-9(8)13/h8-9H,2-7H2,1H3,(H2,11,12). The van der Waals surface area contributed by atoms with Gasteiger partial charge in [0.2, 0.25) is 0 Å². The van der Waals surface area contributed by atoms with Crippen molar-refractivity contribution in [3.8, 4) is 0 Å². The van der Waals surface area contributed by atoms with Gasteiger partial charge in [-0.25, -0.2) is 0 Å². The average Bonchev–Trinajstić information content (AvgIpc) is 2.60. The molecule has 1 aliphatic heterocycles. The molecule has 0 aromatic rings. The number of nitrogens with two attached hydrogens (primary N) is 1. The van der Waals surface area contributed by atoms with Crippen molar-refractivity contribution in [2.24, 2.45) is 16.6 Å². The summed E-state index contributed by atoms with van der Waals surface area (Å²) in [5.74, 6) is 1.64. The monoisotopic (exact) mass is 181 g/mol. The molecule has 2 aliphatic rings. The predicted octanol–water partition coefficient (Wildman–Crippen LogP) is 1.20. The topological polar surface area (TPSA) is 41.6 Å². The van der Waals surface area contributed by atoms with Gasteiger partial charge in [-0.05, 0) is 25.2 Å². The summed E-state index contributed by atoms with van der Waals surface area (Å²) < 4.78 is 0. The van der Waals surface area contributed by atoms with Crippen LogP contribution >= 0.6 is 0 Å². The number of guanidine groups is 1. The normalized spacial score (nSPS) is 34.8. The molecule has 2 atom stereocenters. The molecule has 2 unspecified atom stereocenters. The van der Waals surface area contributed by atoms with Crippen molar-refractivity contribution in [2.45, 2.75) is 38.1 Å². The lowest BCUT2D eigenvalue weighted by molar-refractivity contribution is 0.252. The Kier molecular flexibility index (Phi) is 2.42. The molecule has 1 saturated heterocycles. The molecule has 0 aromatic heterocycles. The SMILES string of the molecule is CN=C(N)N1CCC2CCCCC21. The van der Waals surface area contributed by atoms with Crippen molar-refractivity contribution in [1.29, 1.82) is 0 Å². The van der Waals surface area contributed by atoms with E-state index in [1.807, 2.05) is 0 Å². The fourth-order valence-electron chi connectivity index (χ4n) is 2.82. The van der Waals surface area contributed by atoms with Gasteiger partial charge < -0.3 is 10.6 Å². The van der Waals surface area contributed by atoms with E-state index in [-0.39, 0.29) is 0 Å². The first-order valence-electron chi connectivity index (χ1n) is 5.32. The number of likely N-dealkylation sites (tertiary alicyclic amines) is 1. The van der Waals surface area contributed by atoms with Gasteiger partial charge >= 0.3 is 0 Å². The Bertz CT molecular complexity index is 212. The Morgan fingerprint density at radius 2 is 2.08 bits per heavy atom. The van der Waals surface area contributed by atoms with E-state index < -0.39 is 0 Å². The molecule has 3 heteroatoms. The predicted molar refractivity (Wildman–Crippen MR) is 54.6 cm³/mol. The maximum Gasteiger partial charge on any atom is 0.191 e. The first-order valence-corrected chi connectivity index (χ1v) is 5.32. The van der Waals surface area contributed by atoms with E-state index in [9.17, 15) is 0 Å². The maximum atomic E-state index is 5.86. The van der Waals surface area contributed by atoms with E-state index in [4.69, 9.17) is 5.73 Å². The van der Waals surface area contributed by atoms with Crippen LogP contribution in [0, 0.1) is 5.92 Å². The molecule has 13 heavy (non-hydrogen) atoms. The molecule has 2 fully saturated rings. The van der Waals surface area contributed by atoms with Gasteiger partial charge in [-0.2, -0.15) is 0 Å². The average molecular weight is 181 g/mol. The second kappa shape index (κ2) is 3.56. The molecular weight excluding hydrogens is 162 g/mol. The number of aliphatic imine (C=N–C) groups is 1. The molecule has 1 aliphatic carbocycles. The number of hydrogen-bond acceptors (Lipinski definition) is 1. The third kappa shape index (κ3) is 1.52. The summed E-state index contributed by atoms with van der Waals surface area (Å²) >= 11 is 0. The number of fused-ring (bicyclic) bond motifs is 1. The molecule has 0 spiro atoms. The van der Waals surface area contributed by atoms with Crippen molar-refractivity contribution in [3.05, 3.63) is 0 Å². The summed E-state index contributed by atoms with van der Waals surface area (Å²) in [7, 11) is 1.78. The largest absolute Gasteiger partial charge is 0.370 e. The molecule has 2 N–H and O–H groups in total. The zero-order valence-electron chi connectivity index (χ0n) is 8.37. The Hall–Kier alpha value is -0.730. The van der Waals surface area contributed by atoms with Gasteiger partial charge in [0, 0.05) is 19.6 Å². The summed E-state index contributed by atoms with van der Waals surface area (Å²) in [4.78, 5) is 6.39. The highest BCUT2D eigenvalue weighted by Gasteiger charge is 2.36. The maximum absolute atomic E-state index is 5.86. The fraction of sp³-hybridized carbons (Fsp3) is 0.900. The Morgan fingerprint density at radius 1 is 1.31 bits per heavy atom. The van der Waals surface area contributed by atoms with Crippen LogP contribution in [0.3, 0.4) is 0 Å². The second-order valence-corrected chi connectivity index (χ2v) is 4.18. The summed E-state index contributed by atoms with van der Waals surface area (Å²) in [5.41, 5.74) is 5.86. The van der Waals surface area contributed by atoms with Crippen LogP contribution in [-0.4, -0.2) is 30.5 Å². The zero-order chi connectivity index (χ0) is 9.26. The minimum absolute atomic E-state index is 0.706. The smallest absolute Gasteiger partial charge is 0.191 e. The van der Waals surface area contributed by atoms with Crippen LogP contribution in [0.5, 0.6) is 0 Å². The molecule has 3 nitrogen and oxygen atoms in total. The van der Waals surface area contributed by atoms with Crippen molar-refractivity contribution >= 4 is 5.96 Å². The second-order valence-electron chi connectivity index (χ2n) is 4.18. The van der Waals surface area contributed by atoms with Crippen LogP contribution in [0.15, 0.2) is 4.99 Å². The minimum Gasteiger partial charge on any atom is -0.370 e. The highest BCUT2D eigenvalue weighted by Crippen LogP contribution is 2.35. The van der Waals surface area contributed by atoms with Gasteiger partial charge in [0.15, 0.2) is 5.96 Å². The number of nitrogens with zero attached hydrogens (tertiary/aromatic N) is 2. The first-order chi connectivity index (χ1) is 6.33. The Morgan fingerprint density at radius 3 is 2.85 bits per heavy atom. The van der Waals surface area contributed by atoms with Crippen molar-refractivity contribution in [3.63, 3.8) is 0 Å². The lowest BCUT2D eigenvalue weighted by Gasteiger charge is -2.32. The summed E-state index contributed by atoms with van der Waals surface area (Å²) in [6.07, 6.45) is 6.83. The zero-order valence-corrected chi connectivity index (χ0v) is 8.37. The van der Waals surface area contributed by atoms with Crippen molar-refractivity contribution in [1.82, 2.24) is 4.90 Å². The first kappa shape index (κ1) is 8.85. The lowest BCUT2D eigenvalue weighted by Crippen LogP contribution is -2.43. The molecule has 74 valence electrons. The molecule has 0 aromatic carbocycles. The quantitative estimate of drug-likeness (QED) is 0.450. The molecule has 0 bridgehead atoms. The van der Waals surface area contributed by atoms with E-state index >= 15 is 0 Å². The lowest BCUT2D eigenvalue weighted by atomic mass is 9.85. The van der Waals surface area contributed by atoms with Gasteiger partial charge in [-0.15, -0.1) is 0 Å². The van der Waals surface area contributed by atoms with Gasteiger partial charge in [0.1, 0.15) is 0 Å². The van der Waals surface area contributed by atoms with E-state index in [0.717, 1.165) is 18.4 Å². The van der Waals surface area contributed by atoms with Crippen molar-refractivity contribution in [2.75, 3.05) is 13.6 Å². The highest BCUT2D eigenvalue weighted by molar-refractivity contribution is 5.78. The van der Waals surface area contributed by atoms with Crippen LogP contribution in [0.4, 0.5) is 0 Å². The van der Waals surface area contributed by atoms with Crippen molar-refractivity contribution < 1.29 is 0 Å². The van der Waals surface area contributed by atoms with Gasteiger partial charge in [-0.3, -0.25) is 4.99 Å². The summed E-state index contributed by atoms with van der Waals surface area (Å²) in [6.45, 7) is 1.12. The van der Waals surface area contributed by atoms with E-state index in [1.54, 1.807) is 7.05 Å². The fourth-order valence-corrected chi connectivity index (χ4v) is 2.82. The molecule has 2 rings (SSSR count). The van der Waals surface area contributed by atoms with Crippen LogP contribution in [0.25, 0.3) is 0 Å². The molecule has 1 saturated carbocycles. The Labute approximate surface area is 80.0 Å². The molecule has 0 amide bonds. The summed E-state index contributed by atoms with van der Waals surface area (Å²) in [5, 5.41) is 0. The van der Waals surface area contributed by atoms with Crippen LogP contribution in [-0.2, 0) is 0 Å². The van der Waals surface area contributed by atoms with Crippen LogP contribution in [0.2, 0.25) is 0 Å². The van der Waals surface area contributed by atoms with Gasteiger partial charge in [-0.1, -0.05) is 12.8 Å². The minimum atomic E-state index is 0.706. The van der Waals surface area contributed by atoms with E-state index in [0.29, 0.717) is 6.04 Å². The van der Waals surface area contributed by atoms with Crippen LogP contribution in [0.1, 0.15) is 32.1 Å². The third-order valence-electron chi connectivity index (χ3n) is 3.53. The number of rotatable bonds is 0. The molecule has 1 heterocycles. The van der Waals surface area contributed by atoms with Gasteiger partial charge in [0.05, 0.1) is 0 Å². The molecular formula is C10H19N3. The summed E-state index contributed by atoms with van der Waals surface area (Å²) in [6, 6.07) is 0.706. The number of hydrogen-bond donors (Lipinski definition) is 1. The third-order valence-corrected chi connectivity index (χ3v) is 3.53. The van der Waals surface area contributed by atoms with Crippen LogP contribution < -0.4 is 5.73 Å². The van der Waals surface area contributed by atoms with E-state index in [2.05, 4.69) is 9.89 Å². The highest BCUT2D eigenvalue weighted by atomic mass is 15.3. The van der Waals surface area contributed by atoms with E-state index in [1.165, 1.54) is 32.1 Å². The molecule has 0 radical (unpaired) electrons. The Balaban J connectivity index is 2.06. The van der Waals surface area contributed by atoms with Gasteiger partial charge in [0.25, 0.3) is 0 Å².